The molecule has 4 rings (SSSR count). The summed E-state index contributed by atoms with van der Waals surface area (Å²) in [6.07, 6.45) is 1.21. The Hall–Kier alpha value is -2.70. The van der Waals surface area contributed by atoms with Crippen molar-refractivity contribution >= 4 is 22.5 Å². The summed E-state index contributed by atoms with van der Waals surface area (Å²) in [6.45, 7) is 5.95. The maximum Gasteiger partial charge on any atom is 0.167 e. The van der Waals surface area contributed by atoms with Gasteiger partial charge in [0.15, 0.2) is 11.6 Å². The van der Waals surface area contributed by atoms with Gasteiger partial charge in [-0.05, 0) is 24.8 Å². The van der Waals surface area contributed by atoms with Crippen LogP contribution in [0, 0.1) is 18.2 Å². The van der Waals surface area contributed by atoms with Crippen LogP contribution in [0.2, 0.25) is 0 Å². The van der Waals surface area contributed by atoms with Crippen LogP contribution in [0.3, 0.4) is 0 Å². The van der Waals surface area contributed by atoms with E-state index >= 15 is 0 Å². The minimum absolute atomic E-state index is 0.0985. The molecular formula is C18H20FN5O. The van der Waals surface area contributed by atoms with Gasteiger partial charge in [-0.2, -0.15) is 10.2 Å². The molecule has 0 aliphatic heterocycles. The highest BCUT2D eigenvalue weighted by molar-refractivity contribution is 6.00. The normalized spacial score (nSPS) is 16.4. The van der Waals surface area contributed by atoms with Crippen LogP contribution in [0.4, 0.5) is 10.2 Å². The number of fused-ring (bicyclic) bond motifs is 2. The highest BCUT2D eigenvalue weighted by Gasteiger charge is 2.35. The monoisotopic (exact) mass is 341 g/mol. The lowest BCUT2D eigenvalue weighted by atomic mass is 9.75. The van der Waals surface area contributed by atoms with Crippen molar-refractivity contribution in [3.63, 3.8) is 0 Å². The number of carbonyl (C=O) groups excluding carboxylic acids is 1. The number of aromatic nitrogens is 4. The standard InChI is InChI=1S/C18H20FN5O/c1-9-15-13(7-18(2,3)8-14(15)25)24(21-9)10-5-11(19)16-12(6-10)23(4)22-17(16)20/h5-6H,7-8H2,1-4H3,(H2,20,22). The number of hydrogen-bond donors (Lipinski definition) is 1. The lowest BCUT2D eigenvalue weighted by Crippen LogP contribution is -2.28. The van der Waals surface area contributed by atoms with Crippen LogP contribution in [0.25, 0.3) is 16.6 Å². The molecular weight excluding hydrogens is 321 g/mol. The first-order chi connectivity index (χ1) is 11.7. The van der Waals surface area contributed by atoms with Gasteiger partial charge in [-0.1, -0.05) is 13.8 Å². The van der Waals surface area contributed by atoms with Crippen LogP contribution in [-0.2, 0) is 13.5 Å². The Balaban J connectivity index is 1.98. The number of anilines is 1. The van der Waals surface area contributed by atoms with Crippen LogP contribution in [0.1, 0.15) is 42.0 Å². The molecule has 0 saturated carbocycles. The largest absolute Gasteiger partial charge is 0.382 e. The number of nitrogens with zero attached hydrogens (tertiary/aromatic N) is 4. The van der Waals surface area contributed by atoms with Crippen molar-refractivity contribution in [1.29, 1.82) is 0 Å². The van der Waals surface area contributed by atoms with E-state index in [1.807, 2.05) is 6.92 Å². The highest BCUT2D eigenvalue weighted by atomic mass is 19.1. The van der Waals surface area contributed by atoms with E-state index in [1.165, 1.54) is 6.07 Å². The summed E-state index contributed by atoms with van der Waals surface area (Å²) in [5.41, 5.74) is 9.01. The Labute approximate surface area is 144 Å². The Bertz CT molecular complexity index is 1040. The molecule has 7 heteroatoms. The lowest BCUT2D eigenvalue weighted by Gasteiger charge is -2.29. The molecule has 3 aromatic rings. The van der Waals surface area contributed by atoms with E-state index < -0.39 is 5.82 Å². The number of Topliss-reactive ketones (excluding diaryl/α,β-unsaturated/α-hetero) is 1. The van der Waals surface area contributed by atoms with Gasteiger partial charge in [-0.3, -0.25) is 9.48 Å². The molecule has 0 spiro atoms. The molecule has 0 saturated heterocycles. The molecule has 130 valence electrons. The summed E-state index contributed by atoms with van der Waals surface area (Å²) in [4.78, 5) is 12.5. The molecule has 2 aromatic heterocycles. The summed E-state index contributed by atoms with van der Waals surface area (Å²) in [5.74, 6) is -0.181. The highest BCUT2D eigenvalue weighted by Crippen LogP contribution is 2.37. The lowest BCUT2D eigenvalue weighted by molar-refractivity contribution is 0.0910. The van der Waals surface area contributed by atoms with Crippen molar-refractivity contribution in [1.82, 2.24) is 19.6 Å². The molecule has 25 heavy (non-hydrogen) atoms. The summed E-state index contributed by atoms with van der Waals surface area (Å²) < 4.78 is 17.9. The fourth-order valence-corrected chi connectivity index (χ4v) is 3.83. The van der Waals surface area contributed by atoms with Crippen LogP contribution in [0.15, 0.2) is 12.1 Å². The number of nitrogens with two attached hydrogens (primary N) is 1. The zero-order valence-electron chi connectivity index (χ0n) is 14.7. The Morgan fingerprint density at radius 2 is 1.96 bits per heavy atom. The number of ketones is 1. The van der Waals surface area contributed by atoms with Gasteiger partial charge in [0.25, 0.3) is 0 Å². The first-order valence-corrected chi connectivity index (χ1v) is 8.22. The van der Waals surface area contributed by atoms with Gasteiger partial charge in [0.05, 0.1) is 33.5 Å². The molecule has 2 heterocycles. The molecule has 0 amide bonds. The molecule has 1 aliphatic carbocycles. The molecule has 2 N–H and O–H groups in total. The van der Waals surface area contributed by atoms with Crippen LogP contribution < -0.4 is 5.73 Å². The average Bonchev–Trinajstić information content (AvgIpc) is 2.95. The first kappa shape index (κ1) is 15.8. The third-order valence-electron chi connectivity index (χ3n) is 4.88. The van der Waals surface area contributed by atoms with Crippen LogP contribution >= 0.6 is 0 Å². The quantitative estimate of drug-likeness (QED) is 0.738. The minimum Gasteiger partial charge on any atom is -0.382 e. The van der Waals surface area contributed by atoms with Crippen molar-refractivity contribution in [2.75, 3.05) is 5.73 Å². The third-order valence-corrected chi connectivity index (χ3v) is 4.88. The van der Waals surface area contributed by atoms with Crippen molar-refractivity contribution in [2.24, 2.45) is 12.5 Å². The molecule has 0 bridgehead atoms. The van der Waals surface area contributed by atoms with Crippen molar-refractivity contribution in [3.05, 3.63) is 34.9 Å². The van der Waals surface area contributed by atoms with Crippen LogP contribution in [0.5, 0.6) is 0 Å². The summed E-state index contributed by atoms with van der Waals surface area (Å²) in [5, 5.41) is 8.92. The third kappa shape index (κ3) is 2.26. The van der Waals surface area contributed by atoms with Crippen molar-refractivity contribution in [3.8, 4) is 5.69 Å². The van der Waals surface area contributed by atoms with Crippen molar-refractivity contribution in [2.45, 2.75) is 33.6 Å². The van der Waals surface area contributed by atoms with Crippen LogP contribution in [-0.4, -0.2) is 25.3 Å². The second-order valence-corrected chi connectivity index (χ2v) is 7.59. The van der Waals surface area contributed by atoms with Gasteiger partial charge in [-0.15, -0.1) is 0 Å². The number of benzene rings is 1. The van der Waals surface area contributed by atoms with E-state index in [-0.39, 0.29) is 17.0 Å². The molecule has 6 nitrogen and oxygen atoms in total. The zero-order chi connectivity index (χ0) is 18.1. The maximum absolute atomic E-state index is 14.6. The fraction of sp³-hybridized carbons (Fsp3) is 0.389. The number of hydrogen-bond acceptors (Lipinski definition) is 4. The first-order valence-electron chi connectivity index (χ1n) is 8.22. The van der Waals surface area contributed by atoms with E-state index in [2.05, 4.69) is 24.0 Å². The molecule has 0 unspecified atom stereocenters. The smallest absolute Gasteiger partial charge is 0.167 e. The molecule has 0 atom stereocenters. The maximum atomic E-state index is 14.6. The molecule has 0 fully saturated rings. The Morgan fingerprint density at radius 1 is 1.24 bits per heavy atom. The molecule has 0 radical (unpaired) electrons. The van der Waals surface area contributed by atoms with E-state index in [4.69, 9.17) is 5.73 Å². The average molecular weight is 341 g/mol. The predicted octanol–water partition coefficient (Wildman–Crippen LogP) is 2.94. The molecule has 1 aromatic carbocycles. The number of aryl methyl sites for hydroxylation is 2. The minimum atomic E-state index is -0.443. The number of carbonyl (C=O) groups is 1. The number of rotatable bonds is 1. The Kier molecular flexibility index (Phi) is 3.10. The predicted molar refractivity (Wildman–Crippen MR) is 93.4 cm³/mol. The number of nitrogen functional groups attached to an aromatic ring is 1. The Morgan fingerprint density at radius 3 is 2.68 bits per heavy atom. The van der Waals surface area contributed by atoms with Gasteiger partial charge in [0.1, 0.15) is 5.82 Å². The fourth-order valence-electron chi connectivity index (χ4n) is 3.83. The van der Waals surface area contributed by atoms with E-state index in [0.717, 1.165) is 5.69 Å². The van der Waals surface area contributed by atoms with Gasteiger partial charge < -0.3 is 5.73 Å². The molecule has 1 aliphatic rings. The van der Waals surface area contributed by atoms with E-state index in [0.29, 0.717) is 40.7 Å². The summed E-state index contributed by atoms with van der Waals surface area (Å²) in [6, 6.07) is 3.21. The van der Waals surface area contributed by atoms with Crippen molar-refractivity contribution < 1.29 is 9.18 Å². The number of halogens is 1. The topological polar surface area (TPSA) is 78.7 Å². The summed E-state index contributed by atoms with van der Waals surface area (Å²) in [7, 11) is 1.72. The SMILES string of the molecule is Cc1nn(-c2cc(F)c3c(N)nn(C)c3c2)c2c1C(=O)CC(C)(C)C2. The second kappa shape index (κ2) is 4.91. The van der Waals surface area contributed by atoms with E-state index in [1.54, 1.807) is 22.5 Å². The van der Waals surface area contributed by atoms with E-state index in [9.17, 15) is 9.18 Å². The zero-order valence-corrected chi connectivity index (χ0v) is 14.7. The second-order valence-electron chi connectivity index (χ2n) is 7.59. The van der Waals surface area contributed by atoms with Gasteiger partial charge in [0.2, 0.25) is 0 Å². The van der Waals surface area contributed by atoms with Gasteiger partial charge >= 0.3 is 0 Å². The van der Waals surface area contributed by atoms with Gasteiger partial charge in [-0.25, -0.2) is 9.07 Å². The van der Waals surface area contributed by atoms with Gasteiger partial charge in [0, 0.05) is 19.5 Å². The summed E-state index contributed by atoms with van der Waals surface area (Å²) >= 11 is 0.